The number of aryl methyl sites for hydroxylation is 8. The molecule has 4 nitrogen and oxygen atoms in total. The summed E-state index contributed by atoms with van der Waals surface area (Å²) in [4.78, 5) is 0. The quantitative estimate of drug-likeness (QED) is 0.159. The summed E-state index contributed by atoms with van der Waals surface area (Å²) in [6.45, 7) is 0. The van der Waals surface area contributed by atoms with Crippen molar-refractivity contribution in [1.29, 1.82) is 0 Å². The van der Waals surface area contributed by atoms with E-state index in [2.05, 4.69) is 144 Å². The van der Waals surface area contributed by atoms with Gasteiger partial charge in [0.25, 0.3) is 0 Å². The molecule has 0 spiro atoms. The molecule has 52 heavy (non-hydrogen) atoms. The van der Waals surface area contributed by atoms with Crippen molar-refractivity contribution in [3.63, 3.8) is 0 Å². The van der Waals surface area contributed by atoms with Gasteiger partial charge in [-0.15, -0.1) is 0 Å². The molecule has 0 aromatic heterocycles. The van der Waals surface area contributed by atoms with Crippen LogP contribution in [0, 0.1) is 0 Å². The van der Waals surface area contributed by atoms with E-state index in [9.17, 15) is 0 Å². The third-order valence-electron chi connectivity index (χ3n) is 11.1. The molecule has 14 rings (SSSR count). The minimum Gasteiger partial charge on any atom is -0.496 e. The van der Waals surface area contributed by atoms with Crippen LogP contribution in [-0.4, -0.2) is 14.2 Å². The lowest BCUT2D eigenvalue weighted by Crippen LogP contribution is -2.28. The molecule has 4 heteroatoms. The Hall–Kier alpha value is -5.48. The zero-order valence-electron chi connectivity index (χ0n) is 30.3. The van der Waals surface area contributed by atoms with E-state index in [1.54, 1.807) is 0 Å². The highest BCUT2D eigenvalue weighted by atomic mass is 16.5. The average Bonchev–Trinajstić information content (AvgIpc) is 3.18. The van der Waals surface area contributed by atoms with Crippen molar-refractivity contribution in [2.45, 2.75) is 63.5 Å². The SMILES string of the molecule is COc1cc2c([C@@H](Nc3ccccc3)[C@H](Nc3ccccc3)c3cc4c(OC)cc3CCc3ccc(cc3)CC4)cc1CCc1ccc(cc1)CC2. The summed E-state index contributed by atoms with van der Waals surface area (Å²) in [5, 5.41) is 8.21. The van der Waals surface area contributed by atoms with Crippen molar-refractivity contribution >= 4 is 11.4 Å². The van der Waals surface area contributed by atoms with Gasteiger partial charge in [-0.2, -0.15) is 0 Å². The Morgan fingerprint density at radius 3 is 1.04 bits per heavy atom. The fourth-order valence-electron chi connectivity index (χ4n) is 8.12. The van der Waals surface area contributed by atoms with Gasteiger partial charge >= 0.3 is 0 Å². The average molecular weight is 685 g/mol. The number of rotatable bonds is 9. The van der Waals surface area contributed by atoms with Crippen LogP contribution >= 0.6 is 0 Å². The lowest BCUT2D eigenvalue weighted by molar-refractivity contribution is 0.408. The van der Waals surface area contributed by atoms with E-state index in [0.29, 0.717) is 0 Å². The normalized spacial score (nSPS) is 14.7. The molecule has 2 N–H and O–H groups in total. The van der Waals surface area contributed by atoms with Crippen molar-refractivity contribution in [1.82, 2.24) is 0 Å². The number of methoxy groups -OCH3 is 2. The zero-order valence-corrected chi connectivity index (χ0v) is 30.3. The number of hydrogen-bond donors (Lipinski definition) is 2. The molecule has 0 heterocycles. The molecule has 0 aliphatic heterocycles. The van der Waals surface area contributed by atoms with Gasteiger partial charge < -0.3 is 20.1 Å². The number of ether oxygens (including phenoxy) is 2. The molecule has 8 aliphatic carbocycles. The Balaban J connectivity index is 1.33. The summed E-state index contributed by atoms with van der Waals surface area (Å²) in [5.41, 5.74) is 15.3. The van der Waals surface area contributed by atoms with Gasteiger partial charge in [-0.05, 0) is 156 Å². The van der Waals surface area contributed by atoms with E-state index in [1.807, 2.05) is 14.2 Å². The van der Waals surface area contributed by atoms with E-state index in [-0.39, 0.29) is 12.1 Å². The fraction of sp³-hybridized carbons (Fsp3) is 0.250. The van der Waals surface area contributed by atoms with E-state index in [4.69, 9.17) is 9.47 Å². The van der Waals surface area contributed by atoms with Crippen LogP contribution in [0.5, 0.6) is 11.5 Å². The summed E-state index contributed by atoms with van der Waals surface area (Å²) in [6.07, 6.45) is 7.47. The van der Waals surface area contributed by atoms with Crippen LogP contribution in [0.3, 0.4) is 0 Å². The molecular weight excluding hydrogens is 637 g/mol. The van der Waals surface area contributed by atoms with Gasteiger partial charge in [0.1, 0.15) is 11.5 Å². The smallest absolute Gasteiger partial charge is 0.122 e. The molecule has 6 aromatic carbocycles. The Kier molecular flexibility index (Phi) is 9.97. The Morgan fingerprint density at radius 1 is 0.385 bits per heavy atom. The standard InChI is InChI=1S/C48H48N2O2/c1-51-45-31-37-25-21-33-13-17-35(18-14-33)23-27-39(45)29-43(37)47(49-41-9-5-3-6-10-41)48(50-42-11-7-4-8-12-42)44-30-40-28-24-36-19-15-34(16-20-36)22-26-38(44)32-46(40)52-2/h3-20,29-32,47-50H,21-28H2,1-2H3/t47-,48-/m1/s1. The maximum Gasteiger partial charge on any atom is 0.122 e. The molecule has 0 fully saturated rings. The molecule has 8 bridgehead atoms. The molecule has 2 atom stereocenters. The predicted molar refractivity (Wildman–Crippen MR) is 214 cm³/mol. The summed E-state index contributed by atoms with van der Waals surface area (Å²) in [7, 11) is 3.63. The molecule has 0 unspecified atom stereocenters. The van der Waals surface area contributed by atoms with Gasteiger partial charge in [0.2, 0.25) is 0 Å². The largest absolute Gasteiger partial charge is 0.496 e. The predicted octanol–water partition coefficient (Wildman–Crippen LogP) is 10.5. The molecule has 8 aliphatic rings. The number of benzene rings is 6. The number of nitrogens with one attached hydrogen (secondary N) is 2. The second kappa shape index (κ2) is 15.4. The zero-order chi connectivity index (χ0) is 35.3. The first kappa shape index (κ1) is 33.7. The monoisotopic (exact) mass is 684 g/mol. The van der Waals surface area contributed by atoms with Crippen LogP contribution in [0.25, 0.3) is 0 Å². The van der Waals surface area contributed by atoms with Gasteiger partial charge in [0.05, 0.1) is 26.3 Å². The topological polar surface area (TPSA) is 42.5 Å². The minimum atomic E-state index is -0.114. The maximum absolute atomic E-state index is 6.11. The van der Waals surface area contributed by atoms with Crippen LogP contribution in [0.4, 0.5) is 11.4 Å². The molecule has 6 aromatic rings. The minimum absolute atomic E-state index is 0.114. The van der Waals surface area contributed by atoms with Crippen LogP contribution in [-0.2, 0) is 51.4 Å². The molecule has 0 saturated carbocycles. The van der Waals surface area contributed by atoms with E-state index in [1.165, 1.54) is 55.6 Å². The first-order valence-electron chi connectivity index (χ1n) is 18.8. The number of para-hydroxylation sites is 2. The highest BCUT2D eigenvalue weighted by molar-refractivity contribution is 5.57. The number of hydrogen-bond acceptors (Lipinski definition) is 4. The van der Waals surface area contributed by atoms with E-state index >= 15 is 0 Å². The highest BCUT2D eigenvalue weighted by Gasteiger charge is 2.31. The summed E-state index contributed by atoms with van der Waals surface area (Å²) >= 11 is 0. The van der Waals surface area contributed by atoms with Gasteiger partial charge in [-0.3, -0.25) is 0 Å². The molecule has 0 radical (unpaired) electrons. The van der Waals surface area contributed by atoms with Crippen LogP contribution in [0.2, 0.25) is 0 Å². The van der Waals surface area contributed by atoms with Crippen molar-refractivity contribution in [2.24, 2.45) is 0 Å². The highest BCUT2D eigenvalue weighted by Crippen LogP contribution is 2.43. The van der Waals surface area contributed by atoms with Gasteiger partial charge in [0, 0.05) is 11.4 Å². The van der Waals surface area contributed by atoms with E-state index < -0.39 is 0 Å². The van der Waals surface area contributed by atoms with Crippen LogP contribution < -0.4 is 20.1 Å². The Morgan fingerprint density at radius 2 is 0.712 bits per heavy atom. The fourth-order valence-corrected chi connectivity index (χ4v) is 8.12. The Labute approximate surface area is 308 Å². The van der Waals surface area contributed by atoms with Crippen molar-refractivity contribution < 1.29 is 9.47 Å². The molecular formula is C48H48N2O2. The summed E-state index contributed by atoms with van der Waals surface area (Å²) < 4.78 is 12.2. The number of anilines is 2. The van der Waals surface area contributed by atoms with Gasteiger partial charge in [0.15, 0.2) is 0 Å². The van der Waals surface area contributed by atoms with Gasteiger partial charge in [-0.25, -0.2) is 0 Å². The van der Waals surface area contributed by atoms with E-state index in [0.717, 1.165) is 74.2 Å². The summed E-state index contributed by atoms with van der Waals surface area (Å²) in [6, 6.07) is 49.2. The summed E-state index contributed by atoms with van der Waals surface area (Å²) in [5.74, 6) is 1.96. The van der Waals surface area contributed by atoms with Crippen molar-refractivity contribution in [2.75, 3.05) is 24.9 Å². The third kappa shape index (κ3) is 7.43. The maximum atomic E-state index is 6.11. The lowest BCUT2D eigenvalue weighted by Gasteiger charge is -2.35. The molecule has 0 amide bonds. The van der Waals surface area contributed by atoms with Crippen molar-refractivity contribution in [3.05, 3.63) is 189 Å². The second-order valence-corrected chi connectivity index (χ2v) is 14.3. The lowest BCUT2D eigenvalue weighted by atomic mass is 9.82. The third-order valence-corrected chi connectivity index (χ3v) is 11.1. The molecule has 0 saturated heterocycles. The van der Waals surface area contributed by atoms with Gasteiger partial charge in [-0.1, -0.05) is 84.9 Å². The second-order valence-electron chi connectivity index (χ2n) is 14.3. The first-order chi connectivity index (χ1) is 25.6. The Bertz CT molecular complexity index is 1950. The van der Waals surface area contributed by atoms with Crippen molar-refractivity contribution in [3.8, 4) is 11.5 Å². The van der Waals surface area contributed by atoms with Crippen LogP contribution in [0.15, 0.2) is 133 Å². The first-order valence-corrected chi connectivity index (χ1v) is 18.8. The molecule has 262 valence electrons. The van der Waals surface area contributed by atoms with Crippen LogP contribution in [0.1, 0.15) is 67.7 Å².